The number of rotatable bonds is 7. The first-order valence-electron chi connectivity index (χ1n) is 9.38. The summed E-state index contributed by atoms with van der Waals surface area (Å²) in [5.74, 6) is 0.280. The summed E-state index contributed by atoms with van der Waals surface area (Å²) in [5, 5.41) is 5.63. The third-order valence-corrected chi connectivity index (χ3v) is 5.39. The number of carbonyl (C=O) groups excluding carboxylic acids is 1. The van der Waals surface area contributed by atoms with E-state index in [-0.39, 0.29) is 33.9 Å². The molecule has 2 heterocycles. The van der Waals surface area contributed by atoms with Crippen molar-refractivity contribution in [3.05, 3.63) is 64.7 Å². The number of benzene rings is 2. The van der Waals surface area contributed by atoms with E-state index in [2.05, 4.69) is 20.4 Å². The zero-order chi connectivity index (χ0) is 22.7. The SMILES string of the molecule is COc1ccc(OC)c(NC(=O)CSc2nc(-c3ccccc3F)nc3cc(=O)[nH]n23)c1. The lowest BCUT2D eigenvalue weighted by molar-refractivity contribution is -0.113. The monoisotopic (exact) mass is 455 g/mol. The molecule has 0 atom stereocenters. The normalized spacial score (nSPS) is 10.8. The maximum absolute atomic E-state index is 14.3. The summed E-state index contributed by atoms with van der Waals surface area (Å²) < 4.78 is 26.1. The Morgan fingerprint density at radius 3 is 2.72 bits per heavy atom. The predicted molar refractivity (Wildman–Crippen MR) is 118 cm³/mol. The Morgan fingerprint density at radius 1 is 1.16 bits per heavy atom. The number of nitrogens with zero attached hydrogens (tertiary/aromatic N) is 3. The Morgan fingerprint density at radius 2 is 1.97 bits per heavy atom. The molecule has 164 valence electrons. The molecule has 0 unspecified atom stereocenters. The molecule has 2 aromatic heterocycles. The maximum atomic E-state index is 14.3. The molecule has 4 aromatic rings. The number of amides is 1. The van der Waals surface area contributed by atoms with Gasteiger partial charge in [0.05, 0.1) is 31.2 Å². The zero-order valence-electron chi connectivity index (χ0n) is 17.1. The van der Waals surface area contributed by atoms with E-state index in [1.165, 1.54) is 30.9 Å². The minimum atomic E-state index is -0.492. The number of aromatic nitrogens is 4. The molecule has 0 fully saturated rings. The zero-order valence-corrected chi connectivity index (χ0v) is 17.9. The summed E-state index contributed by atoms with van der Waals surface area (Å²) in [6.45, 7) is 0. The van der Waals surface area contributed by atoms with E-state index >= 15 is 0 Å². The van der Waals surface area contributed by atoms with Crippen LogP contribution < -0.4 is 20.3 Å². The Kier molecular flexibility index (Phi) is 6.08. The van der Waals surface area contributed by atoms with Crippen LogP contribution in [0.1, 0.15) is 0 Å². The number of hydrogen-bond donors (Lipinski definition) is 2. The third-order valence-electron chi connectivity index (χ3n) is 4.45. The van der Waals surface area contributed by atoms with Crippen LogP contribution in [0.15, 0.2) is 58.5 Å². The van der Waals surface area contributed by atoms with Gasteiger partial charge >= 0.3 is 0 Å². The molecule has 9 nitrogen and oxygen atoms in total. The number of nitrogens with one attached hydrogen (secondary N) is 2. The van der Waals surface area contributed by atoms with Gasteiger partial charge in [0.15, 0.2) is 16.6 Å². The van der Waals surface area contributed by atoms with Gasteiger partial charge < -0.3 is 14.8 Å². The van der Waals surface area contributed by atoms with Crippen molar-refractivity contribution in [2.24, 2.45) is 0 Å². The largest absolute Gasteiger partial charge is 0.497 e. The van der Waals surface area contributed by atoms with Crippen molar-refractivity contribution < 1.29 is 18.7 Å². The van der Waals surface area contributed by atoms with Crippen molar-refractivity contribution >= 4 is 29.0 Å². The van der Waals surface area contributed by atoms with Gasteiger partial charge in [-0.05, 0) is 24.3 Å². The van der Waals surface area contributed by atoms with Crippen molar-refractivity contribution in [2.45, 2.75) is 5.16 Å². The first-order valence-corrected chi connectivity index (χ1v) is 10.4. The molecule has 32 heavy (non-hydrogen) atoms. The molecule has 2 aromatic carbocycles. The molecule has 11 heteroatoms. The molecule has 0 spiro atoms. The second-order valence-corrected chi connectivity index (χ2v) is 7.47. The van der Waals surface area contributed by atoms with Gasteiger partial charge in [0.1, 0.15) is 17.3 Å². The highest BCUT2D eigenvalue weighted by molar-refractivity contribution is 7.99. The second kappa shape index (κ2) is 9.10. The molecule has 4 rings (SSSR count). The van der Waals surface area contributed by atoms with Gasteiger partial charge in [-0.2, -0.15) is 0 Å². The van der Waals surface area contributed by atoms with Crippen molar-refractivity contribution in [3.8, 4) is 22.9 Å². The van der Waals surface area contributed by atoms with E-state index in [4.69, 9.17) is 9.47 Å². The lowest BCUT2D eigenvalue weighted by Crippen LogP contribution is -2.16. The van der Waals surface area contributed by atoms with Crippen molar-refractivity contribution in [2.75, 3.05) is 25.3 Å². The summed E-state index contributed by atoms with van der Waals surface area (Å²) in [6.07, 6.45) is 0. The molecular weight excluding hydrogens is 437 g/mol. The van der Waals surface area contributed by atoms with Crippen LogP contribution in [-0.4, -0.2) is 45.5 Å². The third kappa shape index (κ3) is 4.42. The standard InChI is InChI=1S/C21H18FN5O4S/c1-30-12-7-8-16(31-2)15(9-12)23-19(29)11-32-21-25-20(13-5-3-4-6-14(13)22)24-17-10-18(28)26-27(17)21/h3-10H,11H2,1-2H3,(H,23,29)(H,26,28). The van der Waals surface area contributed by atoms with Crippen LogP contribution in [0.25, 0.3) is 17.0 Å². The Bertz CT molecular complexity index is 1350. The first-order chi connectivity index (χ1) is 15.5. The molecule has 0 saturated carbocycles. The average molecular weight is 455 g/mol. The molecule has 0 aliphatic heterocycles. The summed E-state index contributed by atoms with van der Waals surface area (Å²) in [6, 6.07) is 12.4. The number of ether oxygens (including phenoxy) is 2. The second-order valence-electron chi connectivity index (χ2n) is 6.53. The fraction of sp³-hybridized carbons (Fsp3) is 0.143. The van der Waals surface area contributed by atoms with Crippen LogP contribution >= 0.6 is 11.8 Å². The smallest absolute Gasteiger partial charge is 0.266 e. The van der Waals surface area contributed by atoms with Gasteiger partial charge in [0.25, 0.3) is 5.56 Å². The fourth-order valence-electron chi connectivity index (χ4n) is 2.97. The lowest BCUT2D eigenvalue weighted by atomic mass is 10.2. The number of carbonyl (C=O) groups is 1. The predicted octanol–water partition coefficient (Wildman–Crippen LogP) is 2.97. The highest BCUT2D eigenvalue weighted by Gasteiger charge is 2.16. The summed E-state index contributed by atoms with van der Waals surface area (Å²) >= 11 is 1.06. The topological polar surface area (TPSA) is 111 Å². The van der Waals surface area contributed by atoms with Crippen LogP contribution in [0.4, 0.5) is 10.1 Å². The number of aromatic amines is 1. The number of halogens is 1. The van der Waals surface area contributed by atoms with Crippen LogP contribution in [0.3, 0.4) is 0 Å². The quantitative estimate of drug-likeness (QED) is 0.412. The summed E-state index contributed by atoms with van der Waals surface area (Å²) in [5.41, 5.74) is 0.515. The average Bonchev–Trinajstić information content (AvgIpc) is 3.17. The minimum Gasteiger partial charge on any atom is -0.497 e. The molecule has 0 bridgehead atoms. The first kappa shape index (κ1) is 21.4. The Hall–Kier alpha value is -3.86. The maximum Gasteiger partial charge on any atom is 0.266 e. The van der Waals surface area contributed by atoms with Gasteiger partial charge in [0, 0.05) is 12.1 Å². The molecule has 0 saturated heterocycles. The van der Waals surface area contributed by atoms with Gasteiger partial charge in [-0.25, -0.2) is 18.9 Å². The van der Waals surface area contributed by atoms with E-state index in [1.807, 2.05) is 0 Å². The molecular formula is C21H18FN5O4S. The Labute approximate surface area is 185 Å². The summed E-state index contributed by atoms with van der Waals surface area (Å²) in [4.78, 5) is 33.1. The van der Waals surface area contributed by atoms with E-state index in [1.54, 1.807) is 36.4 Å². The summed E-state index contributed by atoms with van der Waals surface area (Å²) in [7, 11) is 3.02. The molecule has 0 aliphatic rings. The number of thioether (sulfide) groups is 1. The van der Waals surface area contributed by atoms with Crippen LogP contribution in [0.2, 0.25) is 0 Å². The molecule has 0 radical (unpaired) electrons. The van der Waals surface area contributed by atoms with Crippen LogP contribution in [0, 0.1) is 5.82 Å². The number of anilines is 1. The van der Waals surface area contributed by atoms with Gasteiger partial charge in [-0.3, -0.25) is 14.7 Å². The van der Waals surface area contributed by atoms with Crippen LogP contribution in [0.5, 0.6) is 11.5 Å². The fourth-order valence-corrected chi connectivity index (χ4v) is 3.72. The van der Waals surface area contributed by atoms with E-state index < -0.39 is 11.4 Å². The minimum absolute atomic E-state index is 0.0383. The van der Waals surface area contributed by atoms with Gasteiger partial charge in [0.2, 0.25) is 5.91 Å². The molecule has 2 N–H and O–H groups in total. The van der Waals surface area contributed by atoms with E-state index in [9.17, 15) is 14.0 Å². The highest BCUT2D eigenvalue weighted by Crippen LogP contribution is 2.29. The van der Waals surface area contributed by atoms with Crippen molar-refractivity contribution in [1.82, 2.24) is 19.6 Å². The Balaban J connectivity index is 1.60. The highest BCUT2D eigenvalue weighted by atomic mass is 32.2. The number of H-pyrrole nitrogens is 1. The molecule has 0 aliphatic carbocycles. The van der Waals surface area contributed by atoms with Crippen molar-refractivity contribution in [1.29, 1.82) is 0 Å². The number of fused-ring (bicyclic) bond motifs is 1. The number of methoxy groups -OCH3 is 2. The van der Waals surface area contributed by atoms with Gasteiger partial charge in [-0.1, -0.05) is 23.9 Å². The van der Waals surface area contributed by atoms with Crippen LogP contribution in [-0.2, 0) is 4.79 Å². The van der Waals surface area contributed by atoms with E-state index in [0.29, 0.717) is 17.2 Å². The molecule has 1 amide bonds. The lowest BCUT2D eigenvalue weighted by Gasteiger charge is -2.12. The number of hydrogen-bond acceptors (Lipinski definition) is 7. The van der Waals surface area contributed by atoms with E-state index in [0.717, 1.165) is 11.8 Å². The van der Waals surface area contributed by atoms with Crippen molar-refractivity contribution in [3.63, 3.8) is 0 Å². The van der Waals surface area contributed by atoms with Gasteiger partial charge in [-0.15, -0.1) is 0 Å².